The van der Waals surface area contributed by atoms with Gasteiger partial charge in [-0.25, -0.2) is 9.78 Å². The molecule has 0 fully saturated rings. The topological polar surface area (TPSA) is 79.3 Å². The number of carbonyl (C=O) groups is 2. The van der Waals surface area contributed by atoms with E-state index in [0.717, 1.165) is 22.5 Å². The SMILES string of the molecule is Cc1ccc(-c2nc(NC(=O)C(C)(C)C)sc2C(=O)O)cc1. The number of anilines is 1. The number of hydrogen-bond acceptors (Lipinski definition) is 4. The maximum Gasteiger partial charge on any atom is 0.348 e. The van der Waals surface area contributed by atoms with Crippen molar-refractivity contribution in [3.05, 3.63) is 34.7 Å². The third kappa shape index (κ3) is 3.51. The first-order valence-corrected chi connectivity index (χ1v) is 7.63. The molecular weight excluding hydrogens is 300 g/mol. The number of hydrogen-bond donors (Lipinski definition) is 2. The van der Waals surface area contributed by atoms with Crippen molar-refractivity contribution in [2.45, 2.75) is 27.7 Å². The molecule has 2 N–H and O–H groups in total. The van der Waals surface area contributed by atoms with Crippen molar-refractivity contribution in [2.75, 3.05) is 5.32 Å². The van der Waals surface area contributed by atoms with Crippen LogP contribution in [-0.4, -0.2) is 22.0 Å². The second-order valence-corrected chi connectivity index (χ2v) is 7.07. The maximum absolute atomic E-state index is 12.0. The van der Waals surface area contributed by atoms with E-state index >= 15 is 0 Å². The van der Waals surface area contributed by atoms with Crippen molar-refractivity contribution in [3.8, 4) is 11.3 Å². The van der Waals surface area contributed by atoms with Crippen molar-refractivity contribution < 1.29 is 14.7 Å². The van der Waals surface area contributed by atoms with Gasteiger partial charge in [-0.2, -0.15) is 0 Å². The van der Waals surface area contributed by atoms with Crippen LogP contribution in [0, 0.1) is 12.3 Å². The molecule has 0 atom stereocenters. The minimum atomic E-state index is -1.05. The normalized spacial score (nSPS) is 11.3. The Kier molecular flexibility index (Phi) is 4.32. The van der Waals surface area contributed by atoms with Crippen molar-refractivity contribution >= 4 is 28.3 Å². The van der Waals surface area contributed by atoms with Crippen LogP contribution in [0.5, 0.6) is 0 Å². The molecule has 0 aliphatic heterocycles. The zero-order valence-electron chi connectivity index (χ0n) is 12.9. The van der Waals surface area contributed by atoms with Crippen LogP contribution in [0.2, 0.25) is 0 Å². The van der Waals surface area contributed by atoms with E-state index in [1.807, 2.05) is 31.2 Å². The summed E-state index contributed by atoms with van der Waals surface area (Å²) in [7, 11) is 0. The Morgan fingerprint density at radius 1 is 1.18 bits per heavy atom. The average molecular weight is 318 g/mol. The standard InChI is InChI=1S/C16H18N2O3S/c1-9-5-7-10(8-6-9)11-12(13(19)20)22-15(17-11)18-14(21)16(2,3)4/h5-8H,1-4H3,(H,19,20)(H,17,18,21). The summed E-state index contributed by atoms with van der Waals surface area (Å²) in [5.41, 5.74) is 1.60. The zero-order valence-corrected chi connectivity index (χ0v) is 13.7. The number of thiazole rings is 1. The summed E-state index contributed by atoms with van der Waals surface area (Å²) in [5, 5.41) is 12.3. The zero-order chi connectivity index (χ0) is 16.5. The number of aryl methyl sites for hydroxylation is 1. The minimum absolute atomic E-state index is 0.119. The lowest BCUT2D eigenvalue weighted by atomic mass is 9.96. The Balaban J connectivity index is 2.40. The molecule has 6 heteroatoms. The summed E-state index contributed by atoms with van der Waals surface area (Å²) in [6.45, 7) is 7.32. The molecule has 22 heavy (non-hydrogen) atoms. The van der Waals surface area contributed by atoms with Crippen LogP contribution < -0.4 is 5.32 Å². The van der Waals surface area contributed by atoms with E-state index < -0.39 is 11.4 Å². The lowest BCUT2D eigenvalue weighted by Gasteiger charge is -2.15. The molecule has 0 aliphatic rings. The molecule has 0 radical (unpaired) electrons. The Bertz CT molecular complexity index is 712. The molecular formula is C16H18N2O3S. The maximum atomic E-state index is 12.0. The van der Waals surface area contributed by atoms with Crippen LogP contribution in [0.1, 0.15) is 36.0 Å². The van der Waals surface area contributed by atoms with Gasteiger partial charge in [0.1, 0.15) is 4.88 Å². The fraction of sp³-hybridized carbons (Fsp3) is 0.312. The Morgan fingerprint density at radius 2 is 1.77 bits per heavy atom. The molecule has 0 saturated heterocycles. The Hall–Kier alpha value is -2.21. The average Bonchev–Trinajstić information content (AvgIpc) is 2.82. The number of carboxylic acids is 1. The predicted octanol–water partition coefficient (Wildman–Crippen LogP) is 3.80. The molecule has 5 nitrogen and oxygen atoms in total. The summed E-state index contributed by atoms with van der Waals surface area (Å²) in [5.74, 6) is -1.25. The number of benzene rings is 1. The number of carbonyl (C=O) groups excluding carboxylic acids is 1. The quantitative estimate of drug-likeness (QED) is 0.902. The van der Waals surface area contributed by atoms with Gasteiger partial charge >= 0.3 is 5.97 Å². The van der Waals surface area contributed by atoms with E-state index in [4.69, 9.17) is 0 Å². The summed E-state index contributed by atoms with van der Waals surface area (Å²) < 4.78 is 0. The fourth-order valence-electron chi connectivity index (χ4n) is 1.71. The highest BCUT2D eigenvalue weighted by atomic mass is 32.1. The van der Waals surface area contributed by atoms with Gasteiger partial charge in [-0.15, -0.1) is 0 Å². The van der Waals surface area contributed by atoms with Gasteiger partial charge < -0.3 is 10.4 Å². The third-order valence-electron chi connectivity index (χ3n) is 3.05. The molecule has 0 saturated carbocycles. The van der Waals surface area contributed by atoms with Crippen molar-refractivity contribution in [3.63, 3.8) is 0 Å². The van der Waals surface area contributed by atoms with Gasteiger partial charge in [0, 0.05) is 11.0 Å². The fourth-order valence-corrected chi connectivity index (χ4v) is 2.53. The van der Waals surface area contributed by atoms with Crippen LogP contribution in [0.3, 0.4) is 0 Å². The molecule has 0 spiro atoms. The van der Waals surface area contributed by atoms with Crippen molar-refractivity contribution in [2.24, 2.45) is 5.41 Å². The smallest absolute Gasteiger partial charge is 0.348 e. The lowest BCUT2D eigenvalue weighted by molar-refractivity contribution is -0.123. The van der Waals surface area contributed by atoms with Gasteiger partial charge in [0.05, 0.1) is 5.69 Å². The molecule has 116 valence electrons. The molecule has 2 rings (SSSR count). The van der Waals surface area contributed by atoms with Crippen LogP contribution in [0.4, 0.5) is 5.13 Å². The Morgan fingerprint density at radius 3 is 2.27 bits per heavy atom. The molecule has 0 unspecified atom stereocenters. The number of amides is 1. The van der Waals surface area contributed by atoms with E-state index in [2.05, 4.69) is 10.3 Å². The van der Waals surface area contributed by atoms with E-state index in [0.29, 0.717) is 10.8 Å². The van der Waals surface area contributed by atoms with Crippen molar-refractivity contribution in [1.29, 1.82) is 0 Å². The van der Waals surface area contributed by atoms with E-state index in [1.54, 1.807) is 20.8 Å². The Labute approximate surface area is 133 Å². The monoisotopic (exact) mass is 318 g/mol. The van der Waals surface area contributed by atoms with Crippen LogP contribution >= 0.6 is 11.3 Å². The van der Waals surface area contributed by atoms with Crippen LogP contribution in [0.25, 0.3) is 11.3 Å². The largest absolute Gasteiger partial charge is 0.477 e. The third-order valence-corrected chi connectivity index (χ3v) is 4.01. The highest BCUT2D eigenvalue weighted by Gasteiger charge is 2.25. The number of aromatic carboxylic acids is 1. The van der Waals surface area contributed by atoms with Crippen LogP contribution in [0.15, 0.2) is 24.3 Å². The first-order valence-electron chi connectivity index (χ1n) is 6.81. The molecule has 2 aromatic rings. The number of rotatable bonds is 3. The number of carboxylic acid groups (broad SMARTS) is 1. The highest BCUT2D eigenvalue weighted by Crippen LogP contribution is 2.32. The summed E-state index contributed by atoms with van der Waals surface area (Å²) in [6.07, 6.45) is 0. The van der Waals surface area contributed by atoms with Gasteiger partial charge in [-0.3, -0.25) is 4.79 Å². The summed E-state index contributed by atoms with van der Waals surface area (Å²) in [4.78, 5) is 27.8. The van der Waals surface area contributed by atoms with Gasteiger partial charge in [0.2, 0.25) is 5.91 Å². The molecule has 0 aliphatic carbocycles. The summed E-state index contributed by atoms with van der Waals surface area (Å²) in [6, 6.07) is 7.44. The molecule has 1 heterocycles. The van der Waals surface area contributed by atoms with E-state index in [9.17, 15) is 14.7 Å². The molecule has 1 amide bonds. The molecule has 1 aromatic heterocycles. The van der Waals surface area contributed by atoms with Crippen LogP contribution in [-0.2, 0) is 4.79 Å². The lowest BCUT2D eigenvalue weighted by Crippen LogP contribution is -2.27. The van der Waals surface area contributed by atoms with Gasteiger partial charge in [-0.1, -0.05) is 61.9 Å². The second kappa shape index (κ2) is 5.88. The van der Waals surface area contributed by atoms with E-state index in [1.165, 1.54) is 0 Å². The highest BCUT2D eigenvalue weighted by molar-refractivity contribution is 7.18. The first-order chi connectivity index (χ1) is 10.2. The number of nitrogens with one attached hydrogen (secondary N) is 1. The van der Waals surface area contributed by atoms with Crippen molar-refractivity contribution in [1.82, 2.24) is 4.98 Å². The predicted molar refractivity (Wildman–Crippen MR) is 87.3 cm³/mol. The summed E-state index contributed by atoms with van der Waals surface area (Å²) >= 11 is 0.968. The second-order valence-electron chi connectivity index (χ2n) is 6.07. The van der Waals surface area contributed by atoms with E-state index in [-0.39, 0.29) is 10.8 Å². The number of nitrogens with zero attached hydrogens (tertiary/aromatic N) is 1. The molecule has 0 bridgehead atoms. The molecule has 1 aromatic carbocycles. The van der Waals surface area contributed by atoms with Gasteiger partial charge in [-0.05, 0) is 6.92 Å². The van der Waals surface area contributed by atoms with Gasteiger partial charge in [0.15, 0.2) is 5.13 Å². The number of aromatic nitrogens is 1. The first kappa shape index (κ1) is 16.2. The minimum Gasteiger partial charge on any atom is -0.477 e. The van der Waals surface area contributed by atoms with Gasteiger partial charge in [0.25, 0.3) is 0 Å².